The van der Waals surface area contributed by atoms with Gasteiger partial charge in [-0.2, -0.15) is 0 Å². The van der Waals surface area contributed by atoms with Crippen molar-refractivity contribution in [1.82, 2.24) is 14.5 Å². The Labute approximate surface area is 440 Å². The monoisotopic (exact) mass is 966 g/mol. The second kappa shape index (κ2) is 20.2. The Hall–Kier alpha value is -7.82. The van der Waals surface area contributed by atoms with Crippen molar-refractivity contribution in [3.63, 3.8) is 0 Å². The molecule has 2 saturated carbocycles. The van der Waals surface area contributed by atoms with Crippen LogP contribution in [0, 0.1) is 5.92 Å². The van der Waals surface area contributed by atoms with Crippen LogP contribution in [0.1, 0.15) is 104 Å². The van der Waals surface area contributed by atoms with Gasteiger partial charge in [0, 0.05) is 31.2 Å². The van der Waals surface area contributed by atoms with Crippen LogP contribution in [0.5, 0.6) is 5.75 Å². The largest absolute Gasteiger partial charge is 0.507 e. The zero-order valence-corrected chi connectivity index (χ0v) is 42.9. The SMILES string of the molecule is [2H]C([2H])(c1ccc(-n2c(-c3cccc(-c4ccccc4-c4ccccc4)c3O)nc3c(-c4cc(-c5cc(-c6ccc(C7CCCCC7)cc6)ccn5)cc(C(C)(C)C)c4)cccc32)c(-c2ccccc2)c1)C1CCCC1. The van der Waals surface area contributed by atoms with Crippen LogP contribution in [-0.2, 0) is 11.8 Å². The van der Waals surface area contributed by atoms with Crippen LogP contribution in [-0.4, -0.2) is 19.6 Å². The first kappa shape index (κ1) is 44.8. The maximum atomic E-state index is 12.9. The number of benzene rings is 8. The summed E-state index contributed by atoms with van der Waals surface area (Å²) < 4.78 is 21.3. The number of imidazole rings is 1. The van der Waals surface area contributed by atoms with Crippen molar-refractivity contribution in [3.05, 3.63) is 217 Å². The molecular weight excluding hydrogens is 899 g/mol. The second-order valence-corrected chi connectivity index (χ2v) is 21.7. The van der Waals surface area contributed by atoms with Gasteiger partial charge in [0.1, 0.15) is 11.6 Å². The molecule has 4 nitrogen and oxygen atoms in total. The van der Waals surface area contributed by atoms with E-state index in [1.54, 1.807) is 0 Å². The Morgan fingerprint density at radius 1 is 0.514 bits per heavy atom. The van der Waals surface area contributed by atoms with Crippen molar-refractivity contribution in [2.24, 2.45) is 5.92 Å². The molecule has 4 heteroatoms. The predicted molar refractivity (Wildman–Crippen MR) is 309 cm³/mol. The van der Waals surface area contributed by atoms with E-state index in [0.717, 1.165) is 98.2 Å². The summed E-state index contributed by atoms with van der Waals surface area (Å²) >= 11 is 0. The fourth-order valence-electron chi connectivity index (χ4n) is 11.8. The van der Waals surface area contributed by atoms with Gasteiger partial charge in [0.2, 0.25) is 0 Å². The normalized spacial score (nSPS) is 15.1. The van der Waals surface area contributed by atoms with Crippen LogP contribution in [0.3, 0.4) is 0 Å². The van der Waals surface area contributed by atoms with E-state index in [1.807, 2.05) is 79.0 Å². The summed E-state index contributed by atoms with van der Waals surface area (Å²) in [7, 11) is 0. The van der Waals surface area contributed by atoms with Crippen molar-refractivity contribution >= 4 is 11.0 Å². The summed E-state index contributed by atoms with van der Waals surface area (Å²) in [6.07, 6.45) is 10.8. The van der Waals surface area contributed by atoms with E-state index in [-0.39, 0.29) is 17.1 Å². The molecule has 0 amide bonds. The highest BCUT2D eigenvalue weighted by atomic mass is 16.3. The molecule has 0 aliphatic heterocycles. The lowest BCUT2D eigenvalue weighted by atomic mass is 9.83. The molecule has 0 atom stereocenters. The van der Waals surface area contributed by atoms with Gasteiger partial charge in [-0.1, -0.05) is 211 Å². The fraction of sp³-hybridized carbons (Fsp3) is 0.229. The molecule has 1 N–H and O–H groups in total. The van der Waals surface area contributed by atoms with Gasteiger partial charge in [0.05, 0.1) is 28.0 Å². The number of hydrogen-bond donors (Lipinski definition) is 1. The molecule has 2 heterocycles. The number of rotatable bonds is 11. The number of aromatic hydroxyl groups is 1. The minimum atomic E-state index is -1.51. The number of nitrogens with zero attached hydrogens (tertiary/aromatic N) is 3. The second-order valence-electron chi connectivity index (χ2n) is 21.7. The van der Waals surface area contributed by atoms with Gasteiger partial charge in [-0.15, -0.1) is 0 Å². The maximum absolute atomic E-state index is 12.9. The third kappa shape index (κ3) is 9.39. The fourth-order valence-corrected chi connectivity index (χ4v) is 11.8. The minimum Gasteiger partial charge on any atom is -0.507 e. The number of phenolic OH excluding ortho intramolecular Hbond substituents is 1. The van der Waals surface area contributed by atoms with Crippen molar-refractivity contribution in [2.45, 2.75) is 96.3 Å². The Bertz CT molecular complexity index is 3710. The van der Waals surface area contributed by atoms with Crippen LogP contribution in [0.15, 0.2) is 200 Å². The Morgan fingerprint density at radius 2 is 1.15 bits per heavy atom. The minimum absolute atomic E-state index is 0.0449. The topological polar surface area (TPSA) is 50.9 Å². The molecule has 2 fully saturated rings. The van der Waals surface area contributed by atoms with Gasteiger partial charge in [0.25, 0.3) is 0 Å². The molecule has 0 spiro atoms. The molecule has 12 rings (SSSR count). The average Bonchev–Trinajstić information content (AvgIpc) is 4.17. The number of pyridine rings is 1. The van der Waals surface area contributed by atoms with E-state index < -0.39 is 6.37 Å². The van der Waals surface area contributed by atoms with Gasteiger partial charge in [-0.05, 0) is 141 Å². The first-order chi connectivity index (χ1) is 37.0. The van der Waals surface area contributed by atoms with Crippen LogP contribution < -0.4 is 0 Å². The molecule has 2 aliphatic carbocycles. The Balaban J connectivity index is 1.06. The average molecular weight is 966 g/mol. The maximum Gasteiger partial charge on any atom is 0.149 e. The van der Waals surface area contributed by atoms with Gasteiger partial charge in [-0.25, -0.2) is 4.98 Å². The summed E-state index contributed by atoms with van der Waals surface area (Å²) in [5.41, 5.74) is 18.0. The predicted octanol–water partition coefficient (Wildman–Crippen LogP) is 18.9. The summed E-state index contributed by atoms with van der Waals surface area (Å²) in [5.74, 6) is 1.33. The van der Waals surface area contributed by atoms with Crippen LogP contribution >= 0.6 is 0 Å². The smallest absolute Gasteiger partial charge is 0.149 e. The highest BCUT2D eigenvalue weighted by molar-refractivity contribution is 5.99. The highest BCUT2D eigenvalue weighted by Crippen LogP contribution is 2.46. The lowest BCUT2D eigenvalue weighted by Gasteiger charge is -2.22. The molecule has 366 valence electrons. The summed E-state index contributed by atoms with van der Waals surface area (Å²) in [6, 6.07) is 67.8. The van der Waals surface area contributed by atoms with Gasteiger partial charge in [-0.3, -0.25) is 9.55 Å². The molecule has 8 aromatic carbocycles. The Kier molecular flexibility index (Phi) is 12.3. The first-order valence-corrected chi connectivity index (χ1v) is 26.9. The van der Waals surface area contributed by atoms with E-state index in [4.69, 9.17) is 9.97 Å². The van der Waals surface area contributed by atoms with Crippen molar-refractivity contribution in [1.29, 1.82) is 0 Å². The third-order valence-corrected chi connectivity index (χ3v) is 15.8. The number of phenols is 1. The number of aromatic nitrogens is 3. The molecule has 0 radical (unpaired) electrons. The van der Waals surface area contributed by atoms with Crippen LogP contribution in [0.25, 0.3) is 95.0 Å². The van der Waals surface area contributed by atoms with Gasteiger partial charge >= 0.3 is 0 Å². The molecule has 74 heavy (non-hydrogen) atoms. The van der Waals surface area contributed by atoms with Crippen LogP contribution in [0.4, 0.5) is 0 Å². The first-order valence-electron chi connectivity index (χ1n) is 27.9. The van der Waals surface area contributed by atoms with E-state index in [1.165, 1.54) is 48.8 Å². The van der Waals surface area contributed by atoms with Crippen LogP contribution in [0.2, 0.25) is 0 Å². The number of hydrogen-bond acceptors (Lipinski definition) is 3. The van der Waals surface area contributed by atoms with Gasteiger partial charge < -0.3 is 5.11 Å². The van der Waals surface area contributed by atoms with E-state index in [9.17, 15) is 7.85 Å². The molecule has 2 aromatic heterocycles. The van der Waals surface area contributed by atoms with E-state index in [2.05, 4.69) is 147 Å². The molecular formula is C70H65N3O. The van der Waals surface area contributed by atoms with Crippen molar-refractivity contribution < 1.29 is 7.85 Å². The molecule has 2 aliphatic rings. The quantitative estimate of drug-likeness (QED) is 0.141. The molecule has 0 bridgehead atoms. The zero-order chi connectivity index (χ0) is 52.0. The summed E-state index contributed by atoms with van der Waals surface area (Å²) in [4.78, 5) is 10.7. The zero-order valence-electron chi connectivity index (χ0n) is 44.9. The molecule has 0 saturated heterocycles. The molecule has 0 unspecified atom stereocenters. The third-order valence-electron chi connectivity index (χ3n) is 15.8. The van der Waals surface area contributed by atoms with E-state index >= 15 is 0 Å². The van der Waals surface area contributed by atoms with E-state index in [0.29, 0.717) is 28.4 Å². The summed E-state index contributed by atoms with van der Waals surface area (Å²) in [5, 5.41) is 12.9. The lowest BCUT2D eigenvalue weighted by molar-refractivity contribution is 0.443. The lowest BCUT2D eigenvalue weighted by Crippen LogP contribution is -2.11. The number of para-hydroxylation sites is 2. The summed E-state index contributed by atoms with van der Waals surface area (Å²) in [6.45, 7) is 6.78. The number of fused-ring (bicyclic) bond motifs is 1. The molecule has 10 aromatic rings. The highest BCUT2D eigenvalue weighted by Gasteiger charge is 2.26. The van der Waals surface area contributed by atoms with Crippen molar-refractivity contribution in [2.75, 3.05) is 0 Å². The van der Waals surface area contributed by atoms with Crippen molar-refractivity contribution in [3.8, 4) is 89.7 Å². The standard InChI is InChI=1S/C70H65N3O/c1-70(2,3)57-44-55(43-56(45-57)64-46-54(39-40-71-64)51-36-34-50(35-37-51)49-21-7-4-8-22-49)59-29-18-32-66-67(59)72-69(62-31-17-30-61(68(62)74)60-28-16-15-27-58(60)52-23-9-5-10-24-52)73(66)65-38-33-48(41-47-19-13-14-20-47)42-63(65)53-25-11-6-12-26-53/h5-6,9-12,15-18,23-40,42-47,49,74H,4,7-8,13-14,19-22,41H2,1-3H3/i41D2. The van der Waals surface area contributed by atoms with Gasteiger partial charge in [0.15, 0.2) is 0 Å². The Morgan fingerprint density at radius 3 is 1.89 bits per heavy atom.